The van der Waals surface area contributed by atoms with Gasteiger partial charge >= 0.3 is 0 Å². The van der Waals surface area contributed by atoms with E-state index in [-0.39, 0.29) is 6.10 Å². The Morgan fingerprint density at radius 1 is 1.14 bits per heavy atom. The molecular formula is C18H20BrNO2. The maximum Gasteiger partial charge on any atom is 0.120 e. The molecule has 0 aromatic heterocycles. The Bertz CT molecular complexity index is 591. The smallest absolute Gasteiger partial charge is 0.120 e. The first-order chi connectivity index (χ1) is 10.8. The molecule has 1 aliphatic heterocycles. The minimum atomic E-state index is 0.122. The second kappa shape index (κ2) is 7.77. The zero-order chi connectivity index (χ0) is 15.2. The molecule has 0 N–H and O–H groups in total. The SMILES string of the molecule is Brc1cccc(OCC2CN(Cc3ccccc3)CCO2)c1. The van der Waals surface area contributed by atoms with E-state index >= 15 is 0 Å². The van der Waals surface area contributed by atoms with Crippen LogP contribution < -0.4 is 4.74 Å². The summed E-state index contributed by atoms with van der Waals surface area (Å²) in [6.07, 6.45) is 0.122. The number of hydrogen-bond acceptors (Lipinski definition) is 3. The van der Waals surface area contributed by atoms with E-state index in [9.17, 15) is 0 Å². The molecule has 0 saturated carbocycles. The van der Waals surface area contributed by atoms with E-state index in [4.69, 9.17) is 9.47 Å². The first-order valence-corrected chi connectivity index (χ1v) is 8.35. The summed E-state index contributed by atoms with van der Waals surface area (Å²) in [5.74, 6) is 0.873. The highest BCUT2D eigenvalue weighted by molar-refractivity contribution is 9.10. The van der Waals surface area contributed by atoms with Crippen LogP contribution in [-0.2, 0) is 11.3 Å². The van der Waals surface area contributed by atoms with Gasteiger partial charge < -0.3 is 9.47 Å². The minimum Gasteiger partial charge on any atom is -0.491 e. The van der Waals surface area contributed by atoms with Crippen molar-refractivity contribution in [3.8, 4) is 5.75 Å². The predicted molar refractivity (Wildman–Crippen MR) is 91.1 cm³/mol. The van der Waals surface area contributed by atoms with Crippen molar-refractivity contribution in [2.75, 3.05) is 26.3 Å². The number of nitrogens with zero attached hydrogens (tertiary/aromatic N) is 1. The zero-order valence-electron chi connectivity index (χ0n) is 12.5. The van der Waals surface area contributed by atoms with Gasteiger partial charge in [-0.1, -0.05) is 52.3 Å². The highest BCUT2D eigenvalue weighted by Gasteiger charge is 2.21. The topological polar surface area (TPSA) is 21.7 Å². The van der Waals surface area contributed by atoms with Crippen molar-refractivity contribution < 1.29 is 9.47 Å². The third-order valence-electron chi connectivity index (χ3n) is 3.70. The van der Waals surface area contributed by atoms with Gasteiger partial charge in [-0.25, -0.2) is 0 Å². The lowest BCUT2D eigenvalue weighted by molar-refractivity contribution is -0.0504. The van der Waals surface area contributed by atoms with Crippen LogP contribution in [0.25, 0.3) is 0 Å². The number of benzene rings is 2. The maximum absolute atomic E-state index is 5.84. The van der Waals surface area contributed by atoms with Crippen LogP contribution in [0.4, 0.5) is 0 Å². The average molecular weight is 362 g/mol. The van der Waals surface area contributed by atoms with Gasteiger partial charge in [0.05, 0.1) is 6.61 Å². The van der Waals surface area contributed by atoms with Gasteiger partial charge in [0, 0.05) is 24.1 Å². The number of morpholine rings is 1. The van der Waals surface area contributed by atoms with Gasteiger partial charge in [-0.3, -0.25) is 4.90 Å². The van der Waals surface area contributed by atoms with Crippen LogP contribution in [0.2, 0.25) is 0 Å². The molecule has 1 saturated heterocycles. The summed E-state index contributed by atoms with van der Waals surface area (Å²) in [6.45, 7) is 4.20. The fourth-order valence-corrected chi connectivity index (χ4v) is 2.99. The Balaban J connectivity index is 1.50. The first-order valence-electron chi connectivity index (χ1n) is 7.56. The molecule has 1 atom stereocenters. The van der Waals surface area contributed by atoms with Crippen molar-refractivity contribution in [2.24, 2.45) is 0 Å². The van der Waals surface area contributed by atoms with E-state index in [0.29, 0.717) is 6.61 Å². The van der Waals surface area contributed by atoms with Crippen molar-refractivity contribution >= 4 is 15.9 Å². The summed E-state index contributed by atoms with van der Waals surface area (Å²) in [4.78, 5) is 2.42. The highest BCUT2D eigenvalue weighted by Crippen LogP contribution is 2.19. The van der Waals surface area contributed by atoms with Gasteiger partial charge in [-0.05, 0) is 23.8 Å². The van der Waals surface area contributed by atoms with E-state index in [2.05, 4.69) is 51.2 Å². The predicted octanol–water partition coefficient (Wildman–Crippen LogP) is 3.73. The van der Waals surface area contributed by atoms with Crippen LogP contribution >= 0.6 is 15.9 Å². The second-order valence-electron chi connectivity index (χ2n) is 5.48. The molecule has 3 rings (SSSR count). The van der Waals surface area contributed by atoms with Crippen molar-refractivity contribution in [3.63, 3.8) is 0 Å². The molecule has 1 aliphatic rings. The third-order valence-corrected chi connectivity index (χ3v) is 4.20. The molecule has 0 aliphatic carbocycles. The van der Waals surface area contributed by atoms with Gasteiger partial charge in [0.2, 0.25) is 0 Å². The molecule has 116 valence electrons. The van der Waals surface area contributed by atoms with Crippen LogP contribution in [0.3, 0.4) is 0 Å². The number of halogens is 1. The maximum atomic E-state index is 5.84. The van der Waals surface area contributed by atoms with Crippen molar-refractivity contribution in [1.82, 2.24) is 4.90 Å². The van der Waals surface area contributed by atoms with Crippen LogP contribution in [0.15, 0.2) is 59.1 Å². The molecule has 0 spiro atoms. The molecule has 2 aromatic rings. The molecule has 22 heavy (non-hydrogen) atoms. The molecule has 3 nitrogen and oxygen atoms in total. The molecular weight excluding hydrogens is 342 g/mol. The van der Waals surface area contributed by atoms with E-state index in [1.165, 1.54) is 5.56 Å². The quantitative estimate of drug-likeness (QED) is 0.809. The van der Waals surface area contributed by atoms with E-state index in [0.717, 1.165) is 36.5 Å². The lowest BCUT2D eigenvalue weighted by Gasteiger charge is -2.32. The molecule has 0 radical (unpaired) electrons. The van der Waals surface area contributed by atoms with E-state index in [1.54, 1.807) is 0 Å². The minimum absolute atomic E-state index is 0.122. The molecule has 1 fully saturated rings. The summed E-state index contributed by atoms with van der Waals surface area (Å²) in [6, 6.07) is 18.5. The van der Waals surface area contributed by atoms with Crippen molar-refractivity contribution in [2.45, 2.75) is 12.6 Å². The number of ether oxygens (including phenoxy) is 2. The molecule has 0 amide bonds. The summed E-state index contributed by atoms with van der Waals surface area (Å²) in [5, 5.41) is 0. The Kier molecular flexibility index (Phi) is 5.48. The van der Waals surface area contributed by atoms with E-state index in [1.807, 2.05) is 24.3 Å². The standard InChI is InChI=1S/C18H20BrNO2/c19-16-7-4-8-17(11-16)22-14-18-13-20(9-10-21-18)12-15-5-2-1-3-6-15/h1-8,11,18H,9-10,12-14H2. The Morgan fingerprint density at radius 3 is 2.82 bits per heavy atom. The molecule has 4 heteroatoms. The highest BCUT2D eigenvalue weighted by atomic mass is 79.9. The number of rotatable bonds is 5. The fraction of sp³-hybridized carbons (Fsp3) is 0.333. The normalized spacial score (nSPS) is 19.0. The molecule has 1 unspecified atom stereocenters. The lowest BCUT2D eigenvalue weighted by Crippen LogP contribution is -2.44. The summed E-state index contributed by atoms with van der Waals surface area (Å²) in [7, 11) is 0. The Morgan fingerprint density at radius 2 is 2.00 bits per heavy atom. The third kappa shape index (κ3) is 4.57. The van der Waals surface area contributed by atoms with Gasteiger partial charge in [0.15, 0.2) is 0 Å². The molecule has 0 bridgehead atoms. The number of hydrogen-bond donors (Lipinski definition) is 0. The van der Waals surface area contributed by atoms with Crippen LogP contribution in [-0.4, -0.2) is 37.3 Å². The zero-order valence-corrected chi connectivity index (χ0v) is 14.0. The average Bonchev–Trinajstić information content (AvgIpc) is 2.54. The Hall–Kier alpha value is -1.36. The van der Waals surface area contributed by atoms with Gasteiger partial charge in [-0.15, -0.1) is 0 Å². The van der Waals surface area contributed by atoms with Gasteiger partial charge in [-0.2, -0.15) is 0 Å². The Labute approximate surface area is 140 Å². The fourth-order valence-electron chi connectivity index (χ4n) is 2.61. The van der Waals surface area contributed by atoms with Crippen LogP contribution in [0.1, 0.15) is 5.56 Å². The van der Waals surface area contributed by atoms with E-state index < -0.39 is 0 Å². The molecule has 1 heterocycles. The second-order valence-corrected chi connectivity index (χ2v) is 6.40. The lowest BCUT2D eigenvalue weighted by atomic mass is 10.2. The van der Waals surface area contributed by atoms with Crippen molar-refractivity contribution in [1.29, 1.82) is 0 Å². The molecule has 2 aromatic carbocycles. The summed E-state index contributed by atoms with van der Waals surface area (Å²) < 4.78 is 12.7. The summed E-state index contributed by atoms with van der Waals surface area (Å²) >= 11 is 3.46. The van der Waals surface area contributed by atoms with Crippen molar-refractivity contribution in [3.05, 3.63) is 64.6 Å². The van der Waals surface area contributed by atoms with Gasteiger partial charge in [0.1, 0.15) is 18.5 Å². The van der Waals surface area contributed by atoms with Crippen LogP contribution in [0, 0.1) is 0 Å². The first kappa shape index (κ1) is 15.5. The summed E-state index contributed by atoms with van der Waals surface area (Å²) in [5.41, 5.74) is 1.34. The van der Waals surface area contributed by atoms with Crippen LogP contribution in [0.5, 0.6) is 5.75 Å². The van der Waals surface area contributed by atoms with Gasteiger partial charge in [0.25, 0.3) is 0 Å². The largest absolute Gasteiger partial charge is 0.491 e. The monoisotopic (exact) mass is 361 g/mol.